The zero-order chi connectivity index (χ0) is 7.78. The van der Waals surface area contributed by atoms with Gasteiger partial charge in [-0.05, 0) is 11.3 Å². The molecule has 56 valence electrons. The van der Waals surface area contributed by atoms with Crippen molar-refractivity contribution in [3.8, 4) is 0 Å². The van der Waals surface area contributed by atoms with Crippen LogP contribution in [0.3, 0.4) is 0 Å². The summed E-state index contributed by atoms with van der Waals surface area (Å²) in [5.74, 6) is 0. The molecule has 0 aliphatic rings. The van der Waals surface area contributed by atoms with Crippen molar-refractivity contribution in [2.75, 3.05) is 0 Å². The molecule has 4 nitrogen and oxygen atoms in total. The molecule has 0 amide bonds. The molecular formula is C6H6N4S. The quantitative estimate of drug-likeness (QED) is 0.586. The van der Waals surface area contributed by atoms with Gasteiger partial charge in [0.25, 0.3) is 0 Å². The molecule has 0 N–H and O–H groups in total. The zero-order valence-corrected chi connectivity index (χ0v) is 6.48. The molecule has 2 aromatic heterocycles. The van der Waals surface area contributed by atoms with Crippen LogP contribution in [0.2, 0.25) is 0 Å². The fourth-order valence-electron chi connectivity index (χ4n) is 0.381. The van der Waals surface area contributed by atoms with E-state index in [2.05, 4.69) is 20.4 Å². The second kappa shape index (κ2) is 5.43. The van der Waals surface area contributed by atoms with Gasteiger partial charge in [-0.25, -0.2) is 0 Å². The van der Waals surface area contributed by atoms with E-state index in [-0.39, 0.29) is 0 Å². The van der Waals surface area contributed by atoms with E-state index in [1.807, 2.05) is 5.38 Å². The standard InChI is InChI=1S/C3H3N3.C3H3NS/c1-2-4-6-5-3-1;1-2-5-3-4-1/h1-3H;1-3H. The Balaban J connectivity index is 0.000000112. The summed E-state index contributed by atoms with van der Waals surface area (Å²) in [6, 6.07) is 1.72. The number of aromatic nitrogens is 4. The van der Waals surface area contributed by atoms with Gasteiger partial charge in [-0.1, -0.05) is 0 Å². The smallest absolute Gasteiger partial charge is 0.0791 e. The number of hydrogen-bond donors (Lipinski definition) is 0. The van der Waals surface area contributed by atoms with Crippen molar-refractivity contribution >= 4 is 11.3 Å². The van der Waals surface area contributed by atoms with Gasteiger partial charge in [0.05, 0.1) is 17.9 Å². The molecule has 0 saturated carbocycles. The summed E-state index contributed by atoms with van der Waals surface area (Å²) >= 11 is 1.60. The first-order chi connectivity index (χ1) is 5.50. The van der Waals surface area contributed by atoms with Crippen molar-refractivity contribution in [2.45, 2.75) is 0 Å². The average molecular weight is 166 g/mol. The highest BCUT2D eigenvalue weighted by molar-refractivity contribution is 7.07. The second-order valence-electron chi connectivity index (χ2n) is 1.49. The van der Waals surface area contributed by atoms with Crippen molar-refractivity contribution in [3.05, 3.63) is 35.5 Å². The van der Waals surface area contributed by atoms with Crippen molar-refractivity contribution in [2.24, 2.45) is 0 Å². The van der Waals surface area contributed by atoms with Crippen LogP contribution in [0.15, 0.2) is 35.5 Å². The molecule has 2 heterocycles. The van der Waals surface area contributed by atoms with E-state index in [0.29, 0.717) is 0 Å². The first kappa shape index (κ1) is 7.74. The normalized spacial score (nSPS) is 8.00. The molecule has 0 atom stereocenters. The van der Waals surface area contributed by atoms with Gasteiger partial charge in [-0.2, -0.15) is 0 Å². The first-order valence-electron chi connectivity index (χ1n) is 2.90. The zero-order valence-electron chi connectivity index (χ0n) is 5.66. The monoisotopic (exact) mass is 166 g/mol. The van der Waals surface area contributed by atoms with Crippen LogP contribution >= 0.6 is 11.3 Å². The molecule has 0 unspecified atom stereocenters. The molecule has 2 rings (SSSR count). The van der Waals surface area contributed by atoms with Crippen molar-refractivity contribution in [3.63, 3.8) is 0 Å². The molecule has 0 aliphatic heterocycles. The lowest BCUT2D eigenvalue weighted by Gasteiger charge is -1.68. The van der Waals surface area contributed by atoms with E-state index >= 15 is 0 Å². The average Bonchev–Trinajstić information content (AvgIpc) is 2.64. The Kier molecular flexibility index (Phi) is 3.82. The van der Waals surface area contributed by atoms with Crippen LogP contribution in [0.25, 0.3) is 0 Å². The Morgan fingerprint density at radius 1 is 1.00 bits per heavy atom. The Labute approximate surface area is 68.0 Å². The van der Waals surface area contributed by atoms with Crippen LogP contribution in [0.5, 0.6) is 0 Å². The summed E-state index contributed by atoms with van der Waals surface area (Å²) in [5, 5.41) is 12.1. The van der Waals surface area contributed by atoms with E-state index in [0.717, 1.165) is 0 Å². The second-order valence-corrected chi connectivity index (χ2v) is 2.24. The van der Waals surface area contributed by atoms with Gasteiger partial charge in [0.15, 0.2) is 0 Å². The minimum Gasteiger partial charge on any atom is -0.253 e. The molecular weight excluding hydrogens is 160 g/mol. The van der Waals surface area contributed by atoms with Gasteiger partial charge >= 0.3 is 0 Å². The van der Waals surface area contributed by atoms with Crippen molar-refractivity contribution < 1.29 is 0 Å². The van der Waals surface area contributed by atoms with Crippen LogP contribution in [0.4, 0.5) is 0 Å². The third-order valence-electron chi connectivity index (χ3n) is 0.756. The summed E-state index contributed by atoms with van der Waals surface area (Å²) < 4.78 is 0. The third kappa shape index (κ3) is 4.10. The lowest BCUT2D eigenvalue weighted by atomic mass is 10.7. The molecule has 0 bridgehead atoms. The largest absolute Gasteiger partial charge is 0.253 e. The Morgan fingerprint density at radius 2 is 1.82 bits per heavy atom. The van der Waals surface area contributed by atoms with E-state index in [1.165, 1.54) is 0 Å². The topological polar surface area (TPSA) is 51.6 Å². The lowest BCUT2D eigenvalue weighted by molar-refractivity contribution is 0.865. The number of rotatable bonds is 0. The van der Waals surface area contributed by atoms with Crippen molar-refractivity contribution in [1.82, 2.24) is 20.4 Å². The van der Waals surface area contributed by atoms with Crippen LogP contribution in [-0.4, -0.2) is 20.4 Å². The number of thiazole rings is 1. The minimum atomic E-state index is 1.58. The fraction of sp³-hybridized carbons (Fsp3) is 0. The van der Waals surface area contributed by atoms with E-state index in [4.69, 9.17) is 0 Å². The number of hydrogen-bond acceptors (Lipinski definition) is 5. The molecule has 0 spiro atoms. The SMILES string of the molecule is c1cnnnc1.c1cscn1. The Bertz CT molecular complexity index is 200. The highest BCUT2D eigenvalue weighted by Crippen LogP contribution is 1.85. The van der Waals surface area contributed by atoms with Crippen LogP contribution in [-0.2, 0) is 0 Å². The summed E-state index contributed by atoms with van der Waals surface area (Å²) in [7, 11) is 0. The molecule has 2 aromatic rings. The molecule has 0 aliphatic carbocycles. The molecule has 11 heavy (non-hydrogen) atoms. The Morgan fingerprint density at radius 3 is 2.00 bits per heavy atom. The summed E-state index contributed by atoms with van der Waals surface area (Å²) in [5.41, 5.74) is 1.79. The van der Waals surface area contributed by atoms with E-state index < -0.39 is 0 Å². The van der Waals surface area contributed by atoms with Crippen LogP contribution in [0.1, 0.15) is 0 Å². The summed E-state index contributed by atoms with van der Waals surface area (Å²) in [6.07, 6.45) is 4.92. The van der Waals surface area contributed by atoms with E-state index in [1.54, 1.807) is 41.5 Å². The molecule has 5 heteroatoms. The van der Waals surface area contributed by atoms with Crippen molar-refractivity contribution in [1.29, 1.82) is 0 Å². The maximum absolute atomic E-state index is 3.74. The molecule has 0 aromatic carbocycles. The maximum Gasteiger partial charge on any atom is 0.0791 e. The van der Waals surface area contributed by atoms with Gasteiger partial charge in [-0.15, -0.1) is 21.5 Å². The van der Waals surface area contributed by atoms with Gasteiger partial charge in [0, 0.05) is 11.6 Å². The van der Waals surface area contributed by atoms with Gasteiger partial charge in [-0.3, -0.25) is 4.98 Å². The van der Waals surface area contributed by atoms with Crippen LogP contribution < -0.4 is 0 Å². The fourth-order valence-corrected chi connectivity index (χ4v) is 0.732. The Hall–Kier alpha value is -1.36. The molecule has 0 fully saturated rings. The summed E-state index contributed by atoms with van der Waals surface area (Å²) in [4.78, 5) is 3.74. The predicted octanol–water partition coefficient (Wildman–Crippen LogP) is 1.01. The van der Waals surface area contributed by atoms with E-state index in [9.17, 15) is 0 Å². The van der Waals surface area contributed by atoms with Gasteiger partial charge in [0.1, 0.15) is 0 Å². The highest BCUT2D eigenvalue weighted by atomic mass is 32.1. The summed E-state index contributed by atoms with van der Waals surface area (Å²) in [6.45, 7) is 0. The first-order valence-corrected chi connectivity index (χ1v) is 3.85. The minimum absolute atomic E-state index is 1.58. The predicted molar refractivity (Wildman–Crippen MR) is 41.9 cm³/mol. The highest BCUT2D eigenvalue weighted by Gasteiger charge is 1.60. The number of nitrogens with zero attached hydrogens (tertiary/aromatic N) is 4. The molecule has 0 radical (unpaired) electrons. The van der Waals surface area contributed by atoms with Crippen LogP contribution in [0, 0.1) is 0 Å². The third-order valence-corrected chi connectivity index (χ3v) is 1.28. The maximum atomic E-state index is 3.74. The molecule has 0 saturated heterocycles. The lowest BCUT2D eigenvalue weighted by Crippen LogP contribution is -1.78. The van der Waals surface area contributed by atoms with Gasteiger partial charge in [0.2, 0.25) is 0 Å². The van der Waals surface area contributed by atoms with Gasteiger partial charge < -0.3 is 0 Å².